The number of nitro benzene ring substituents is 1. The smallest absolute Gasteiger partial charge is 0.270 e. The molecule has 0 saturated heterocycles. The SMILES string of the molecule is CC(C)(C)C(=O)C=CNc1ccc([N+](=O)[O-])cc1Br. The molecule has 0 radical (unpaired) electrons. The number of non-ortho nitro benzene ring substituents is 1. The lowest BCUT2D eigenvalue weighted by Gasteiger charge is -2.13. The van der Waals surface area contributed by atoms with E-state index in [1.807, 2.05) is 20.8 Å². The fourth-order valence-electron chi connectivity index (χ4n) is 1.19. The number of anilines is 1. The Labute approximate surface area is 120 Å². The van der Waals surface area contributed by atoms with Crippen molar-refractivity contribution in [2.24, 2.45) is 5.41 Å². The summed E-state index contributed by atoms with van der Waals surface area (Å²) in [5.74, 6) is -0.00182. The molecule has 0 amide bonds. The van der Waals surface area contributed by atoms with E-state index in [2.05, 4.69) is 21.2 Å². The van der Waals surface area contributed by atoms with Gasteiger partial charge in [-0.05, 0) is 28.1 Å². The Hall–Kier alpha value is -1.69. The van der Waals surface area contributed by atoms with Crippen LogP contribution in [0.3, 0.4) is 0 Å². The van der Waals surface area contributed by atoms with E-state index >= 15 is 0 Å². The molecule has 1 rings (SSSR count). The van der Waals surface area contributed by atoms with Gasteiger partial charge in [-0.3, -0.25) is 14.9 Å². The highest BCUT2D eigenvalue weighted by molar-refractivity contribution is 9.10. The van der Waals surface area contributed by atoms with Crippen molar-refractivity contribution in [2.45, 2.75) is 20.8 Å². The second-order valence-electron chi connectivity index (χ2n) is 5.01. The lowest BCUT2D eigenvalue weighted by atomic mass is 9.91. The first-order valence-corrected chi connectivity index (χ1v) is 6.42. The molecule has 0 heterocycles. The van der Waals surface area contributed by atoms with Crippen LogP contribution in [0.15, 0.2) is 34.9 Å². The van der Waals surface area contributed by atoms with Crippen LogP contribution in [0.25, 0.3) is 0 Å². The van der Waals surface area contributed by atoms with Crippen LogP contribution >= 0.6 is 15.9 Å². The molecule has 1 aromatic carbocycles. The number of nitrogens with zero attached hydrogens (tertiary/aromatic N) is 1. The summed E-state index contributed by atoms with van der Waals surface area (Å²) in [6, 6.07) is 4.38. The van der Waals surface area contributed by atoms with Crippen LogP contribution in [0.1, 0.15) is 20.8 Å². The standard InChI is InChI=1S/C13H15BrN2O3/c1-13(2,3)12(17)6-7-15-11-5-4-9(16(18)19)8-10(11)14/h4-8,15H,1-3H3. The summed E-state index contributed by atoms with van der Waals surface area (Å²) >= 11 is 3.24. The monoisotopic (exact) mass is 326 g/mol. The molecule has 5 nitrogen and oxygen atoms in total. The zero-order valence-electron chi connectivity index (χ0n) is 10.9. The van der Waals surface area contributed by atoms with Gasteiger partial charge < -0.3 is 5.32 Å². The molecule has 6 heteroatoms. The molecule has 0 aliphatic rings. The average Bonchev–Trinajstić information content (AvgIpc) is 2.29. The third-order valence-electron chi connectivity index (χ3n) is 2.38. The van der Waals surface area contributed by atoms with E-state index in [9.17, 15) is 14.9 Å². The van der Waals surface area contributed by atoms with E-state index in [4.69, 9.17) is 0 Å². The zero-order chi connectivity index (χ0) is 14.6. The minimum absolute atomic E-state index is 0.00182. The molecule has 1 aromatic rings. The van der Waals surface area contributed by atoms with Crippen molar-refractivity contribution in [3.63, 3.8) is 0 Å². The Bertz CT molecular complexity index is 533. The molecular formula is C13H15BrN2O3. The number of carbonyl (C=O) groups is 1. The molecule has 0 spiro atoms. The summed E-state index contributed by atoms with van der Waals surface area (Å²) < 4.78 is 0.564. The van der Waals surface area contributed by atoms with E-state index < -0.39 is 10.3 Å². The average molecular weight is 327 g/mol. The van der Waals surface area contributed by atoms with Gasteiger partial charge in [-0.25, -0.2) is 0 Å². The minimum atomic E-state index is -0.465. The second-order valence-corrected chi connectivity index (χ2v) is 5.87. The predicted molar refractivity (Wildman–Crippen MR) is 78.0 cm³/mol. The molecule has 1 N–H and O–H groups in total. The van der Waals surface area contributed by atoms with Gasteiger partial charge in [0, 0.05) is 28.2 Å². The van der Waals surface area contributed by atoms with Gasteiger partial charge in [0.1, 0.15) is 0 Å². The van der Waals surface area contributed by atoms with Gasteiger partial charge in [-0.1, -0.05) is 20.8 Å². The number of halogens is 1. The van der Waals surface area contributed by atoms with Gasteiger partial charge in [0.15, 0.2) is 5.78 Å². The normalized spacial score (nSPS) is 11.6. The highest BCUT2D eigenvalue weighted by Crippen LogP contribution is 2.27. The molecule has 102 valence electrons. The van der Waals surface area contributed by atoms with Gasteiger partial charge in [0.05, 0.1) is 10.6 Å². The third kappa shape index (κ3) is 4.48. The van der Waals surface area contributed by atoms with Gasteiger partial charge in [0.25, 0.3) is 5.69 Å². The molecule has 0 aliphatic carbocycles. The van der Waals surface area contributed by atoms with Crippen LogP contribution in [0.2, 0.25) is 0 Å². The van der Waals surface area contributed by atoms with Crippen molar-refractivity contribution >= 4 is 33.1 Å². The van der Waals surface area contributed by atoms with Gasteiger partial charge in [0.2, 0.25) is 0 Å². The fourth-order valence-corrected chi connectivity index (χ4v) is 1.67. The maximum Gasteiger partial charge on any atom is 0.270 e. The van der Waals surface area contributed by atoms with Crippen LogP contribution < -0.4 is 5.32 Å². The summed E-state index contributed by atoms with van der Waals surface area (Å²) in [6.07, 6.45) is 2.98. The van der Waals surface area contributed by atoms with Crippen LogP contribution in [0.4, 0.5) is 11.4 Å². The Balaban J connectivity index is 2.77. The number of carbonyl (C=O) groups excluding carboxylic acids is 1. The number of benzene rings is 1. The van der Waals surface area contributed by atoms with Gasteiger partial charge in [-0.2, -0.15) is 0 Å². The summed E-state index contributed by atoms with van der Waals surface area (Å²) in [4.78, 5) is 21.8. The van der Waals surface area contributed by atoms with Crippen LogP contribution in [-0.4, -0.2) is 10.7 Å². The van der Waals surface area contributed by atoms with E-state index in [-0.39, 0.29) is 11.5 Å². The maximum absolute atomic E-state index is 11.7. The first kappa shape index (κ1) is 15.4. The Morgan fingerprint density at radius 2 is 2.05 bits per heavy atom. The van der Waals surface area contributed by atoms with Crippen molar-refractivity contribution in [3.05, 3.63) is 45.1 Å². The highest BCUT2D eigenvalue weighted by Gasteiger charge is 2.17. The molecule has 0 aliphatic heterocycles. The number of allylic oxidation sites excluding steroid dienone is 1. The maximum atomic E-state index is 11.7. The lowest BCUT2D eigenvalue weighted by Crippen LogP contribution is -2.17. The topological polar surface area (TPSA) is 72.2 Å². The Kier molecular flexibility index (Phi) is 4.83. The van der Waals surface area contributed by atoms with Crippen molar-refractivity contribution in [3.8, 4) is 0 Å². The van der Waals surface area contributed by atoms with E-state index in [1.165, 1.54) is 24.4 Å². The fraction of sp³-hybridized carbons (Fsp3) is 0.308. The number of nitro groups is 1. The zero-order valence-corrected chi connectivity index (χ0v) is 12.5. The Morgan fingerprint density at radius 3 is 2.53 bits per heavy atom. The van der Waals surface area contributed by atoms with Gasteiger partial charge in [-0.15, -0.1) is 0 Å². The van der Waals surface area contributed by atoms with E-state index in [0.29, 0.717) is 10.2 Å². The number of hydrogen-bond donors (Lipinski definition) is 1. The van der Waals surface area contributed by atoms with Crippen molar-refractivity contribution in [1.29, 1.82) is 0 Å². The third-order valence-corrected chi connectivity index (χ3v) is 3.03. The number of ketones is 1. The summed E-state index contributed by atoms with van der Waals surface area (Å²) in [5.41, 5.74) is 0.237. The summed E-state index contributed by atoms with van der Waals surface area (Å²) in [6.45, 7) is 5.50. The van der Waals surface area contributed by atoms with Crippen molar-refractivity contribution < 1.29 is 9.72 Å². The van der Waals surface area contributed by atoms with Crippen LogP contribution in [0, 0.1) is 15.5 Å². The van der Waals surface area contributed by atoms with Crippen molar-refractivity contribution in [1.82, 2.24) is 0 Å². The summed E-state index contributed by atoms with van der Waals surface area (Å²) in [5, 5.41) is 13.5. The second kappa shape index (κ2) is 5.97. The first-order chi connectivity index (χ1) is 8.71. The van der Waals surface area contributed by atoms with Crippen molar-refractivity contribution in [2.75, 3.05) is 5.32 Å². The van der Waals surface area contributed by atoms with Crippen LogP contribution in [0.5, 0.6) is 0 Å². The quantitative estimate of drug-likeness (QED) is 0.517. The number of hydrogen-bond acceptors (Lipinski definition) is 4. The first-order valence-electron chi connectivity index (χ1n) is 5.63. The highest BCUT2D eigenvalue weighted by atomic mass is 79.9. The molecule has 0 fully saturated rings. The summed E-state index contributed by atoms with van der Waals surface area (Å²) in [7, 11) is 0. The molecule has 0 saturated carbocycles. The largest absolute Gasteiger partial charge is 0.361 e. The van der Waals surface area contributed by atoms with Crippen LogP contribution in [-0.2, 0) is 4.79 Å². The Morgan fingerprint density at radius 1 is 1.42 bits per heavy atom. The molecule has 0 atom stereocenters. The number of rotatable bonds is 4. The lowest BCUT2D eigenvalue weighted by molar-refractivity contribution is -0.384. The minimum Gasteiger partial charge on any atom is -0.361 e. The molecule has 0 aromatic heterocycles. The molecule has 0 unspecified atom stereocenters. The molecular weight excluding hydrogens is 312 g/mol. The number of nitrogens with one attached hydrogen (secondary N) is 1. The molecule has 0 bridgehead atoms. The van der Waals surface area contributed by atoms with Gasteiger partial charge >= 0.3 is 0 Å². The van der Waals surface area contributed by atoms with E-state index in [1.54, 1.807) is 6.07 Å². The van der Waals surface area contributed by atoms with E-state index in [0.717, 1.165) is 0 Å². The molecule has 19 heavy (non-hydrogen) atoms. The predicted octanol–water partition coefficient (Wildman–Crippen LogP) is 3.90.